The second-order valence-electron chi connectivity index (χ2n) is 3.23. The molecule has 2 aliphatic heterocycles. The van der Waals surface area contributed by atoms with Crippen molar-refractivity contribution in [3.63, 3.8) is 0 Å². The second kappa shape index (κ2) is 2.80. The highest BCUT2D eigenvalue weighted by Crippen LogP contribution is 2.40. The molecule has 0 radical (unpaired) electrons. The molecule has 0 aromatic heterocycles. The fourth-order valence-electron chi connectivity index (χ4n) is 1.71. The van der Waals surface area contributed by atoms with Gasteiger partial charge in [0.2, 0.25) is 0 Å². The van der Waals surface area contributed by atoms with Gasteiger partial charge in [0.15, 0.2) is 12.5 Å². The molecule has 0 bridgehead atoms. The van der Waals surface area contributed by atoms with E-state index in [0.29, 0.717) is 6.73 Å². The summed E-state index contributed by atoms with van der Waals surface area (Å²) in [5.41, 5.74) is 3.25. The first kappa shape index (κ1) is 7.50. The van der Waals surface area contributed by atoms with Crippen LogP contribution in [0.4, 0.5) is 11.4 Å². The van der Waals surface area contributed by atoms with E-state index in [2.05, 4.69) is 22.8 Å². The van der Waals surface area contributed by atoms with Crippen molar-refractivity contribution in [2.24, 2.45) is 0 Å². The number of anilines is 2. The molecular formula is C11H10N2O. The number of hydrogen-bond acceptors (Lipinski definition) is 3. The van der Waals surface area contributed by atoms with Gasteiger partial charge in [-0.2, -0.15) is 0 Å². The summed E-state index contributed by atoms with van der Waals surface area (Å²) < 4.78 is 5.51. The van der Waals surface area contributed by atoms with Gasteiger partial charge in [0, 0.05) is 11.8 Å². The SMILES string of the molecule is C1=CNc2c(ccc3c2OCN3)C=C1. The minimum atomic E-state index is 0.556. The van der Waals surface area contributed by atoms with Gasteiger partial charge in [0.05, 0.1) is 11.4 Å². The molecule has 0 amide bonds. The van der Waals surface area contributed by atoms with E-state index >= 15 is 0 Å². The lowest BCUT2D eigenvalue weighted by Gasteiger charge is -2.08. The number of hydrogen-bond donors (Lipinski definition) is 2. The number of fused-ring (bicyclic) bond motifs is 3. The summed E-state index contributed by atoms with van der Waals surface area (Å²) in [6, 6.07) is 4.12. The Hall–Kier alpha value is -1.90. The Morgan fingerprint density at radius 1 is 1.21 bits per heavy atom. The van der Waals surface area contributed by atoms with Crippen LogP contribution >= 0.6 is 0 Å². The van der Waals surface area contributed by atoms with Crippen molar-refractivity contribution in [1.82, 2.24) is 0 Å². The molecule has 0 unspecified atom stereocenters. The number of rotatable bonds is 0. The number of allylic oxidation sites excluding steroid dienone is 2. The van der Waals surface area contributed by atoms with Crippen molar-refractivity contribution in [2.45, 2.75) is 0 Å². The Balaban J connectivity index is 2.22. The molecule has 2 N–H and O–H groups in total. The summed E-state index contributed by atoms with van der Waals surface area (Å²) in [5, 5.41) is 6.38. The zero-order valence-corrected chi connectivity index (χ0v) is 7.58. The fourth-order valence-corrected chi connectivity index (χ4v) is 1.71. The topological polar surface area (TPSA) is 33.3 Å². The van der Waals surface area contributed by atoms with Crippen LogP contribution in [-0.2, 0) is 0 Å². The van der Waals surface area contributed by atoms with Crippen molar-refractivity contribution >= 4 is 17.5 Å². The second-order valence-corrected chi connectivity index (χ2v) is 3.23. The maximum absolute atomic E-state index is 5.51. The van der Waals surface area contributed by atoms with Gasteiger partial charge in [-0.15, -0.1) is 0 Å². The van der Waals surface area contributed by atoms with Crippen LogP contribution in [0.3, 0.4) is 0 Å². The Morgan fingerprint density at radius 2 is 2.21 bits per heavy atom. The molecular weight excluding hydrogens is 176 g/mol. The van der Waals surface area contributed by atoms with Crippen LogP contribution in [0.1, 0.15) is 5.56 Å². The molecule has 2 aliphatic rings. The quantitative estimate of drug-likeness (QED) is 0.652. The van der Waals surface area contributed by atoms with Gasteiger partial charge >= 0.3 is 0 Å². The highest BCUT2D eigenvalue weighted by atomic mass is 16.5. The Bertz CT molecular complexity index is 435. The maximum Gasteiger partial charge on any atom is 0.169 e. The molecule has 0 aliphatic carbocycles. The van der Waals surface area contributed by atoms with Gasteiger partial charge in [0.25, 0.3) is 0 Å². The summed E-state index contributed by atoms with van der Waals surface area (Å²) in [4.78, 5) is 0. The van der Waals surface area contributed by atoms with Crippen LogP contribution < -0.4 is 15.4 Å². The molecule has 1 aromatic carbocycles. The summed E-state index contributed by atoms with van der Waals surface area (Å²) in [6.45, 7) is 0.556. The highest BCUT2D eigenvalue weighted by molar-refractivity contribution is 5.83. The molecule has 14 heavy (non-hydrogen) atoms. The maximum atomic E-state index is 5.51. The van der Waals surface area contributed by atoms with Gasteiger partial charge in [0.1, 0.15) is 0 Å². The van der Waals surface area contributed by atoms with Crippen molar-refractivity contribution in [2.75, 3.05) is 17.4 Å². The van der Waals surface area contributed by atoms with E-state index in [9.17, 15) is 0 Å². The average molecular weight is 186 g/mol. The first-order valence-electron chi connectivity index (χ1n) is 4.58. The van der Waals surface area contributed by atoms with E-state index < -0.39 is 0 Å². The van der Waals surface area contributed by atoms with Crippen molar-refractivity contribution in [3.8, 4) is 5.75 Å². The molecule has 3 rings (SSSR count). The van der Waals surface area contributed by atoms with Crippen LogP contribution in [-0.4, -0.2) is 6.73 Å². The molecule has 0 atom stereocenters. The molecule has 0 saturated heterocycles. The molecule has 1 aromatic rings. The van der Waals surface area contributed by atoms with E-state index in [1.54, 1.807) is 0 Å². The predicted octanol–water partition coefficient (Wildman–Crippen LogP) is 2.40. The smallest absolute Gasteiger partial charge is 0.169 e. The Labute approximate surface area is 82.1 Å². The summed E-state index contributed by atoms with van der Waals surface area (Å²) in [5.74, 6) is 0.915. The van der Waals surface area contributed by atoms with Crippen LogP contribution in [0.5, 0.6) is 5.75 Å². The third-order valence-corrected chi connectivity index (χ3v) is 2.38. The third-order valence-electron chi connectivity index (χ3n) is 2.38. The van der Waals surface area contributed by atoms with Crippen molar-refractivity contribution in [1.29, 1.82) is 0 Å². The fraction of sp³-hybridized carbons (Fsp3) is 0.0909. The summed E-state index contributed by atoms with van der Waals surface area (Å²) in [7, 11) is 0. The Kier molecular flexibility index (Phi) is 1.50. The lowest BCUT2D eigenvalue weighted by molar-refractivity contribution is 0.374. The Morgan fingerprint density at radius 3 is 3.21 bits per heavy atom. The van der Waals surface area contributed by atoms with Crippen molar-refractivity contribution < 1.29 is 4.74 Å². The molecule has 0 spiro atoms. The number of ether oxygens (including phenoxy) is 1. The normalized spacial score (nSPS) is 16.0. The molecule has 3 heteroatoms. The van der Waals surface area contributed by atoms with Gasteiger partial charge in [-0.1, -0.05) is 18.2 Å². The van der Waals surface area contributed by atoms with Crippen LogP contribution in [0.25, 0.3) is 6.08 Å². The van der Waals surface area contributed by atoms with Gasteiger partial charge in [-0.05, 0) is 12.1 Å². The van der Waals surface area contributed by atoms with Crippen LogP contribution in [0.15, 0.2) is 30.5 Å². The van der Waals surface area contributed by atoms with E-state index in [1.807, 2.05) is 24.4 Å². The summed E-state index contributed by atoms with van der Waals surface area (Å²) >= 11 is 0. The van der Waals surface area contributed by atoms with Gasteiger partial charge in [-0.3, -0.25) is 0 Å². The third kappa shape index (κ3) is 0.988. The predicted molar refractivity (Wildman–Crippen MR) is 57.4 cm³/mol. The molecule has 3 nitrogen and oxygen atoms in total. The largest absolute Gasteiger partial charge is 0.469 e. The molecule has 70 valence electrons. The van der Waals surface area contributed by atoms with E-state index in [4.69, 9.17) is 4.74 Å². The monoisotopic (exact) mass is 186 g/mol. The first-order valence-corrected chi connectivity index (χ1v) is 4.58. The zero-order valence-electron chi connectivity index (χ0n) is 7.58. The van der Waals surface area contributed by atoms with Crippen LogP contribution in [0.2, 0.25) is 0 Å². The van der Waals surface area contributed by atoms with Crippen LogP contribution in [0, 0.1) is 0 Å². The lowest BCUT2D eigenvalue weighted by Crippen LogP contribution is -1.97. The molecule has 0 saturated carbocycles. The lowest BCUT2D eigenvalue weighted by atomic mass is 10.1. The summed E-state index contributed by atoms with van der Waals surface area (Å²) in [6.07, 6.45) is 7.94. The van der Waals surface area contributed by atoms with Gasteiger partial charge in [-0.25, -0.2) is 0 Å². The number of benzene rings is 1. The van der Waals surface area contributed by atoms with E-state index in [0.717, 1.165) is 22.7 Å². The standard InChI is InChI=1S/C11H10N2O/c1-2-6-12-10-8(3-1)4-5-9-11(10)14-7-13-9/h1-6,12-13H,7H2. The highest BCUT2D eigenvalue weighted by Gasteiger charge is 2.17. The van der Waals surface area contributed by atoms with Crippen molar-refractivity contribution in [3.05, 3.63) is 36.0 Å². The zero-order chi connectivity index (χ0) is 9.38. The van der Waals surface area contributed by atoms with E-state index in [-0.39, 0.29) is 0 Å². The van der Waals surface area contributed by atoms with Gasteiger partial charge < -0.3 is 15.4 Å². The molecule has 2 heterocycles. The molecule has 0 fully saturated rings. The minimum absolute atomic E-state index is 0.556. The van der Waals surface area contributed by atoms with E-state index in [1.165, 1.54) is 0 Å². The number of nitrogens with one attached hydrogen (secondary N) is 2. The minimum Gasteiger partial charge on any atom is -0.469 e. The first-order chi connectivity index (χ1) is 6.95. The average Bonchev–Trinajstić information content (AvgIpc) is 2.55.